The largest absolute Gasteiger partial charge is 0.507 e. The van der Waals surface area contributed by atoms with E-state index in [1.165, 1.54) is 7.11 Å². The van der Waals surface area contributed by atoms with Gasteiger partial charge in [-0.3, -0.25) is 0 Å². The fourth-order valence-electron chi connectivity index (χ4n) is 2.94. The molecule has 0 aliphatic carbocycles. The van der Waals surface area contributed by atoms with Crippen LogP contribution < -0.4 is 4.74 Å². The molecular formula is C24H18Cl2O4. The number of carbonyl (C=O) groups is 1. The number of phenolic OH excluding ortho intramolecular Hbond substituents is 1. The highest BCUT2D eigenvalue weighted by atomic mass is 35.5. The van der Waals surface area contributed by atoms with Crippen LogP contribution in [0.15, 0.2) is 54.6 Å². The second-order valence-corrected chi connectivity index (χ2v) is 7.30. The van der Waals surface area contributed by atoms with Crippen LogP contribution >= 0.6 is 23.2 Å². The van der Waals surface area contributed by atoms with Crippen LogP contribution in [0.1, 0.15) is 16.7 Å². The Morgan fingerprint density at radius 1 is 1.10 bits per heavy atom. The number of terminal acetylenes is 1. The van der Waals surface area contributed by atoms with E-state index < -0.39 is 5.97 Å². The standard InChI is InChI=1S/C24H18Cl2O4/c1-3-15-5-4-6-17(9-15)19-10-16(7-8-23(19)27)11-20-21(25)12-18(13-22(20)26)30-14-24(28)29-2/h1,4-10,12-13,27H,11,14H2,2H3. The molecule has 0 aliphatic heterocycles. The quantitative estimate of drug-likeness (QED) is 0.406. The molecule has 3 aromatic rings. The van der Waals surface area contributed by atoms with Gasteiger partial charge < -0.3 is 14.6 Å². The summed E-state index contributed by atoms with van der Waals surface area (Å²) in [6.07, 6.45) is 5.92. The maximum Gasteiger partial charge on any atom is 0.343 e. The molecule has 0 aromatic heterocycles. The van der Waals surface area contributed by atoms with Gasteiger partial charge in [-0.05, 0) is 53.1 Å². The van der Waals surface area contributed by atoms with Crippen molar-refractivity contribution in [2.45, 2.75) is 6.42 Å². The maximum atomic E-state index is 11.2. The smallest absolute Gasteiger partial charge is 0.343 e. The highest BCUT2D eigenvalue weighted by Gasteiger charge is 2.13. The average Bonchev–Trinajstić information content (AvgIpc) is 2.75. The van der Waals surface area contributed by atoms with Crippen molar-refractivity contribution in [3.05, 3.63) is 81.3 Å². The number of hydrogen-bond acceptors (Lipinski definition) is 4. The zero-order valence-electron chi connectivity index (χ0n) is 16.1. The van der Waals surface area contributed by atoms with Crippen molar-refractivity contribution in [1.29, 1.82) is 0 Å². The Morgan fingerprint density at radius 2 is 1.83 bits per heavy atom. The van der Waals surface area contributed by atoms with Crippen molar-refractivity contribution >= 4 is 29.2 Å². The highest BCUT2D eigenvalue weighted by Crippen LogP contribution is 2.35. The molecule has 152 valence electrons. The zero-order valence-corrected chi connectivity index (χ0v) is 17.6. The molecule has 0 radical (unpaired) electrons. The fraction of sp³-hybridized carbons (Fsp3) is 0.125. The molecule has 0 saturated carbocycles. The molecule has 0 atom stereocenters. The van der Waals surface area contributed by atoms with Gasteiger partial charge in [0.2, 0.25) is 0 Å². The number of hydrogen-bond donors (Lipinski definition) is 1. The van der Waals surface area contributed by atoms with Gasteiger partial charge in [-0.25, -0.2) is 4.79 Å². The van der Waals surface area contributed by atoms with Gasteiger partial charge in [0.25, 0.3) is 0 Å². The van der Waals surface area contributed by atoms with Gasteiger partial charge in [0.1, 0.15) is 11.5 Å². The molecule has 30 heavy (non-hydrogen) atoms. The molecule has 0 spiro atoms. The van der Waals surface area contributed by atoms with Crippen LogP contribution in [-0.4, -0.2) is 24.8 Å². The number of aromatic hydroxyl groups is 1. The summed E-state index contributed by atoms with van der Waals surface area (Å²) < 4.78 is 9.89. The van der Waals surface area contributed by atoms with E-state index in [2.05, 4.69) is 10.7 Å². The van der Waals surface area contributed by atoms with E-state index in [0.29, 0.717) is 33.3 Å². The van der Waals surface area contributed by atoms with E-state index in [9.17, 15) is 9.90 Å². The van der Waals surface area contributed by atoms with Gasteiger partial charge >= 0.3 is 5.97 Å². The molecule has 3 aromatic carbocycles. The van der Waals surface area contributed by atoms with Crippen LogP contribution in [0.3, 0.4) is 0 Å². The summed E-state index contributed by atoms with van der Waals surface area (Å²) in [4.78, 5) is 11.2. The van der Waals surface area contributed by atoms with Gasteiger partial charge in [-0.15, -0.1) is 6.42 Å². The molecule has 0 bridgehead atoms. The molecule has 0 fully saturated rings. The average molecular weight is 441 g/mol. The Kier molecular flexibility index (Phi) is 6.89. The van der Waals surface area contributed by atoms with Crippen molar-refractivity contribution in [1.82, 2.24) is 0 Å². The number of ether oxygens (including phenoxy) is 2. The number of esters is 1. The summed E-state index contributed by atoms with van der Waals surface area (Å²) in [5.74, 6) is 2.61. The Morgan fingerprint density at radius 3 is 2.50 bits per heavy atom. The second kappa shape index (κ2) is 9.58. The van der Waals surface area contributed by atoms with Crippen LogP contribution in [-0.2, 0) is 16.0 Å². The third kappa shape index (κ3) is 5.07. The fourth-order valence-corrected chi connectivity index (χ4v) is 3.54. The lowest BCUT2D eigenvalue weighted by atomic mass is 9.97. The lowest BCUT2D eigenvalue weighted by Gasteiger charge is -2.13. The lowest BCUT2D eigenvalue weighted by molar-refractivity contribution is -0.142. The Balaban J connectivity index is 1.88. The number of halogens is 2. The summed E-state index contributed by atoms with van der Waals surface area (Å²) in [7, 11) is 1.28. The minimum Gasteiger partial charge on any atom is -0.507 e. The summed E-state index contributed by atoms with van der Waals surface area (Å²) >= 11 is 12.8. The summed E-state index contributed by atoms with van der Waals surface area (Å²) in [5, 5.41) is 11.1. The first kappa shape index (κ1) is 21.6. The predicted molar refractivity (Wildman–Crippen MR) is 118 cm³/mol. The van der Waals surface area contributed by atoms with E-state index in [1.54, 1.807) is 24.3 Å². The normalized spacial score (nSPS) is 10.3. The Bertz CT molecular complexity index is 1110. The molecule has 0 aliphatic rings. The van der Waals surface area contributed by atoms with Gasteiger partial charge in [0.15, 0.2) is 6.61 Å². The van der Waals surface area contributed by atoms with Crippen molar-refractivity contribution < 1.29 is 19.4 Å². The van der Waals surface area contributed by atoms with Crippen LogP contribution in [0, 0.1) is 12.3 Å². The molecule has 6 heteroatoms. The first-order chi connectivity index (χ1) is 14.4. The molecule has 0 amide bonds. The molecule has 0 heterocycles. The number of methoxy groups -OCH3 is 1. The monoisotopic (exact) mass is 440 g/mol. The third-order valence-corrected chi connectivity index (χ3v) is 5.16. The van der Waals surface area contributed by atoms with E-state index >= 15 is 0 Å². The van der Waals surface area contributed by atoms with Gasteiger partial charge in [-0.2, -0.15) is 0 Å². The third-order valence-electron chi connectivity index (χ3n) is 4.48. The zero-order chi connectivity index (χ0) is 21.7. The summed E-state index contributed by atoms with van der Waals surface area (Å²) in [6.45, 7) is -0.236. The summed E-state index contributed by atoms with van der Waals surface area (Å²) in [5.41, 5.74) is 3.81. The van der Waals surface area contributed by atoms with Gasteiger partial charge in [0, 0.05) is 27.6 Å². The molecule has 0 saturated heterocycles. The number of rotatable bonds is 6. The van der Waals surface area contributed by atoms with E-state index in [-0.39, 0.29) is 12.4 Å². The van der Waals surface area contributed by atoms with Crippen LogP contribution in [0.4, 0.5) is 0 Å². The molecular weight excluding hydrogens is 423 g/mol. The van der Waals surface area contributed by atoms with Crippen LogP contribution in [0.5, 0.6) is 11.5 Å². The number of carbonyl (C=O) groups excluding carboxylic acids is 1. The van der Waals surface area contributed by atoms with Crippen LogP contribution in [0.25, 0.3) is 11.1 Å². The maximum absolute atomic E-state index is 11.2. The Hall–Kier alpha value is -3.13. The first-order valence-corrected chi connectivity index (χ1v) is 9.73. The lowest BCUT2D eigenvalue weighted by Crippen LogP contribution is -2.12. The van der Waals surface area contributed by atoms with Crippen LogP contribution in [0.2, 0.25) is 10.0 Å². The minimum atomic E-state index is -0.503. The summed E-state index contributed by atoms with van der Waals surface area (Å²) in [6, 6.07) is 15.9. The van der Waals surface area contributed by atoms with Crippen molar-refractivity contribution in [2.75, 3.05) is 13.7 Å². The number of phenols is 1. The minimum absolute atomic E-state index is 0.150. The highest BCUT2D eigenvalue weighted by molar-refractivity contribution is 6.36. The predicted octanol–water partition coefficient (Wildman–Crippen LogP) is 5.49. The molecule has 3 rings (SSSR count). The topological polar surface area (TPSA) is 55.8 Å². The molecule has 4 nitrogen and oxygen atoms in total. The van der Waals surface area contributed by atoms with E-state index in [0.717, 1.165) is 16.7 Å². The first-order valence-electron chi connectivity index (χ1n) is 8.97. The van der Waals surface area contributed by atoms with Crippen molar-refractivity contribution in [3.63, 3.8) is 0 Å². The number of benzene rings is 3. The van der Waals surface area contributed by atoms with E-state index in [4.69, 9.17) is 34.4 Å². The van der Waals surface area contributed by atoms with Gasteiger partial charge in [-0.1, -0.05) is 47.3 Å². The molecule has 0 unspecified atom stereocenters. The van der Waals surface area contributed by atoms with E-state index in [1.807, 2.05) is 30.3 Å². The Labute approximate surface area is 185 Å². The van der Waals surface area contributed by atoms with Crippen molar-refractivity contribution in [2.24, 2.45) is 0 Å². The second-order valence-electron chi connectivity index (χ2n) is 6.48. The van der Waals surface area contributed by atoms with Gasteiger partial charge in [0.05, 0.1) is 7.11 Å². The molecule has 1 N–H and O–H groups in total. The van der Waals surface area contributed by atoms with Crippen molar-refractivity contribution in [3.8, 4) is 35.0 Å². The SMILES string of the molecule is C#Cc1cccc(-c2cc(Cc3c(Cl)cc(OCC(=O)OC)cc3Cl)ccc2O)c1.